The molecule has 2 bridgehead atoms. The molecule has 3 fully saturated rings. The van der Waals surface area contributed by atoms with Crippen molar-refractivity contribution in [2.75, 3.05) is 26.3 Å². The van der Waals surface area contributed by atoms with E-state index in [0.717, 1.165) is 38.9 Å². The fourth-order valence-electron chi connectivity index (χ4n) is 2.10. The van der Waals surface area contributed by atoms with Crippen LogP contribution in [0.4, 0.5) is 4.39 Å². The van der Waals surface area contributed by atoms with E-state index in [1.54, 1.807) is 0 Å². The molecule has 3 aliphatic rings. The molecule has 0 spiro atoms. The fourth-order valence-corrected chi connectivity index (χ4v) is 2.10. The zero-order valence-corrected chi connectivity index (χ0v) is 6.27. The Kier molecular flexibility index (Phi) is 1.44. The highest BCUT2D eigenvalue weighted by atomic mass is 19.1. The first-order valence-corrected chi connectivity index (χ1v) is 4.13. The summed E-state index contributed by atoms with van der Waals surface area (Å²) in [5, 5.41) is 0. The number of nitrogens with zero attached hydrogens (tertiary/aromatic N) is 1. The maximum absolute atomic E-state index is 12.5. The van der Waals surface area contributed by atoms with Gasteiger partial charge >= 0.3 is 0 Å². The first kappa shape index (κ1) is 6.59. The summed E-state index contributed by atoms with van der Waals surface area (Å²) in [5.74, 6) is 0. The molecule has 0 unspecified atom stereocenters. The molecule has 0 aliphatic carbocycles. The van der Waals surface area contributed by atoms with E-state index in [4.69, 9.17) is 0 Å². The molecule has 1 nitrogen and oxygen atoms in total. The molecule has 10 heavy (non-hydrogen) atoms. The van der Waals surface area contributed by atoms with Gasteiger partial charge in [0.25, 0.3) is 0 Å². The van der Waals surface area contributed by atoms with Gasteiger partial charge in [0.15, 0.2) is 0 Å². The first-order chi connectivity index (χ1) is 4.85. The van der Waals surface area contributed by atoms with E-state index in [1.165, 1.54) is 0 Å². The Hall–Kier alpha value is -0.110. The number of halogens is 1. The Bertz CT molecular complexity index is 113. The predicted octanol–water partition coefficient (Wildman–Crippen LogP) is 1.44. The molecule has 3 aliphatic heterocycles. The quantitative estimate of drug-likeness (QED) is 0.537. The lowest BCUT2D eigenvalue weighted by Gasteiger charge is -2.46. The minimum absolute atomic E-state index is 0.0825. The minimum atomic E-state index is -0.0825. The largest absolute Gasteiger partial charge is 0.303 e. The number of hydrogen-bond donors (Lipinski definition) is 0. The molecule has 3 rings (SSSR count). The van der Waals surface area contributed by atoms with Gasteiger partial charge in [0.05, 0.1) is 6.67 Å². The average molecular weight is 143 g/mol. The van der Waals surface area contributed by atoms with E-state index in [9.17, 15) is 4.39 Å². The zero-order valence-electron chi connectivity index (χ0n) is 6.27. The van der Waals surface area contributed by atoms with Crippen molar-refractivity contribution in [1.29, 1.82) is 0 Å². The van der Waals surface area contributed by atoms with E-state index in [1.807, 2.05) is 0 Å². The van der Waals surface area contributed by atoms with Crippen molar-refractivity contribution in [1.82, 2.24) is 4.90 Å². The van der Waals surface area contributed by atoms with Gasteiger partial charge in [-0.2, -0.15) is 0 Å². The summed E-state index contributed by atoms with van der Waals surface area (Å²) in [4.78, 5) is 2.44. The molecule has 3 saturated heterocycles. The average Bonchev–Trinajstić information content (AvgIpc) is 2.08. The van der Waals surface area contributed by atoms with E-state index in [2.05, 4.69) is 4.90 Å². The third-order valence-electron chi connectivity index (χ3n) is 3.16. The lowest BCUT2D eigenvalue weighted by molar-refractivity contribution is 0.00827. The summed E-state index contributed by atoms with van der Waals surface area (Å²) in [6, 6.07) is 0. The van der Waals surface area contributed by atoms with Crippen LogP contribution in [0.1, 0.15) is 19.3 Å². The van der Waals surface area contributed by atoms with Crippen LogP contribution < -0.4 is 0 Å². The normalized spacial score (nSPS) is 45.9. The number of alkyl halides is 1. The summed E-state index contributed by atoms with van der Waals surface area (Å²) in [5.41, 5.74) is 0.120. The Morgan fingerprint density at radius 1 is 1.10 bits per heavy atom. The maximum atomic E-state index is 12.5. The SMILES string of the molecule is FCC12CCN(CC1)CC2. The van der Waals surface area contributed by atoms with Crippen LogP contribution in [0.2, 0.25) is 0 Å². The second-order valence-corrected chi connectivity index (χ2v) is 3.73. The third kappa shape index (κ3) is 0.858. The molecule has 0 N–H and O–H groups in total. The van der Waals surface area contributed by atoms with Crippen LogP contribution in [0.15, 0.2) is 0 Å². The van der Waals surface area contributed by atoms with E-state index in [0.29, 0.717) is 0 Å². The molecule has 2 heteroatoms. The van der Waals surface area contributed by atoms with Crippen molar-refractivity contribution in [3.05, 3.63) is 0 Å². The number of fused-ring (bicyclic) bond motifs is 3. The van der Waals surface area contributed by atoms with Crippen LogP contribution in [0.3, 0.4) is 0 Å². The third-order valence-corrected chi connectivity index (χ3v) is 3.16. The molecule has 58 valence electrons. The second-order valence-electron chi connectivity index (χ2n) is 3.73. The van der Waals surface area contributed by atoms with Crippen molar-refractivity contribution < 1.29 is 4.39 Å². The second kappa shape index (κ2) is 2.19. The number of hydrogen-bond acceptors (Lipinski definition) is 1. The first-order valence-electron chi connectivity index (χ1n) is 4.13. The van der Waals surface area contributed by atoms with Crippen molar-refractivity contribution in [2.24, 2.45) is 5.41 Å². The molecule has 3 heterocycles. The van der Waals surface area contributed by atoms with Crippen molar-refractivity contribution in [3.63, 3.8) is 0 Å². The van der Waals surface area contributed by atoms with Crippen LogP contribution in [-0.2, 0) is 0 Å². The highest BCUT2D eigenvalue weighted by Gasteiger charge is 2.39. The number of piperidine rings is 3. The predicted molar refractivity (Wildman–Crippen MR) is 38.7 cm³/mol. The lowest BCUT2D eigenvalue weighted by atomic mass is 9.73. The van der Waals surface area contributed by atoms with Gasteiger partial charge in [0, 0.05) is 5.41 Å². The Morgan fingerprint density at radius 3 is 1.90 bits per heavy atom. The Balaban J connectivity index is 2.08. The van der Waals surface area contributed by atoms with Crippen molar-refractivity contribution >= 4 is 0 Å². The van der Waals surface area contributed by atoms with Crippen LogP contribution in [0, 0.1) is 5.41 Å². The summed E-state index contributed by atoms with van der Waals surface area (Å²) in [7, 11) is 0. The summed E-state index contributed by atoms with van der Waals surface area (Å²) >= 11 is 0. The summed E-state index contributed by atoms with van der Waals surface area (Å²) < 4.78 is 12.5. The minimum Gasteiger partial charge on any atom is -0.303 e. The molecule has 0 amide bonds. The van der Waals surface area contributed by atoms with Gasteiger partial charge < -0.3 is 4.90 Å². The van der Waals surface area contributed by atoms with Crippen LogP contribution in [-0.4, -0.2) is 31.2 Å². The van der Waals surface area contributed by atoms with Crippen LogP contribution >= 0.6 is 0 Å². The molecule has 0 aromatic carbocycles. The Morgan fingerprint density at radius 2 is 1.60 bits per heavy atom. The highest BCUT2D eigenvalue weighted by Crippen LogP contribution is 2.39. The van der Waals surface area contributed by atoms with Gasteiger partial charge in [-0.1, -0.05) is 0 Å². The van der Waals surface area contributed by atoms with Crippen LogP contribution in [0.25, 0.3) is 0 Å². The topological polar surface area (TPSA) is 3.24 Å². The monoisotopic (exact) mass is 143 g/mol. The number of rotatable bonds is 1. The smallest absolute Gasteiger partial charge is 0.0952 e. The van der Waals surface area contributed by atoms with Gasteiger partial charge in [-0.25, -0.2) is 0 Å². The molecular formula is C8H14FN. The molecule has 0 aromatic heterocycles. The molecule has 0 atom stereocenters. The highest BCUT2D eigenvalue weighted by molar-refractivity contribution is 4.91. The maximum Gasteiger partial charge on any atom is 0.0952 e. The van der Waals surface area contributed by atoms with E-state index >= 15 is 0 Å². The van der Waals surface area contributed by atoms with Gasteiger partial charge in [-0.15, -0.1) is 0 Å². The van der Waals surface area contributed by atoms with Crippen molar-refractivity contribution in [2.45, 2.75) is 19.3 Å². The van der Waals surface area contributed by atoms with E-state index < -0.39 is 0 Å². The van der Waals surface area contributed by atoms with Crippen molar-refractivity contribution in [3.8, 4) is 0 Å². The zero-order chi connectivity index (χ0) is 7.03. The summed E-state index contributed by atoms with van der Waals surface area (Å²) in [6.07, 6.45) is 3.30. The fraction of sp³-hybridized carbons (Fsp3) is 1.00. The van der Waals surface area contributed by atoms with Gasteiger partial charge in [-0.3, -0.25) is 4.39 Å². The molecule has 0 saturated carbocycles. The van der Waals surface area contributed by atoms with Gasteiger partial charge in [-0.05, 0) is 38.9 Å². The lowest BCUT2D eigenvalue weighted by Crippen LogP contribution is -2.49. The molecule has 0 radical (unpaired) electrons. The standard InChI is InChI=1S/C8H14FN/c9-7-8-1-4-10(5-2-8)6-3-8/h1-7H2. The molecular weight excluding hydrogens is 129 g/mol. The van der Waals surface area contributed by atoms with E-state index in [-0.39, 0.29) is 12.1 Å². The van der Waals surface area contributed by atoms with Crippen LogP contribution in [0.5, 0.6) is 0 Å². The van der Waals surface area contributed by atoms with Gasteiger partial charge in [0.2, 0.25) is 0 Å². The summed E-state index contributed by atoms with van der Waals surface area (Å²) in [6.45, 7) is 3.35. The Labute approximate surface area is 61.2 Å². The molecule has 0 aromatic rings. The van der Waals surface area contributed by atoms with Gasteiger partial charge in [0.1, 0.15) is 0 Å².